The van der Waals surface area contributed by atoms with Crippen LogP contribution in [0, 0.1) is 5.41 Å². The number of anilines is 1. The van der Waals surface area contributed by atoms with Crippen molar-refractivity contribution in [2.75, 3.05) is 11.4 Å². The fraction of sp³-hybridized carbons (Fsp3) is 0.214. The maximum absolute atomic E-state index is 13.5. The zero-order valence-corrected chi connectivity index (χ0v) is 20.1. The molecule has 3 aromatic carbocycles. The first-order chi connectivity index (χ1) is 17.3. The molecule has 8 heteroatoms. The van der Waals surface area contributed by atoms with Crippen LogP contribution in [0.2, 0.25) is 0 Å². The molecular formula is C28H29N5O3. The van der Waals surface area contributed by atoms with Crippen LogP contribution in [0.5, 0.6) is 0 Å². The van der Waals surface area contributed by atoms with Crippen molar-refractivity contribution in [2.24, 2.45) is 12.8 Å². The minimum atomic E-state index is -0.882. The van der Waals surface area contributed by atoms with Gasteiger partial charge in [0.15, 0.2) is 0 Å². The lowest BCUT2D eigenvalue weighted by molar-refractivity contribution is -0.137. The first-order valence-electron chi connectivity index (χ1n) is 11.8. The number of aromatic nitrogens is 2. The Morgan fingerprint density at radius 2 is 1.69 bits per heavy atom. The number of amides is 1. The minimum Gasteiger partial charge on any atom is -0.481 e. The van der Waals surface area contributed by atoms with Gasteiger partial charge in [-0.1, -0.05) is 42.5 Å². The van der Waals surface area contributed by atoms with Crippen LogP contribution < -0.4 is 10.6 Å². The van der Waals surface area contributed by atoms with Crippen LogP contribution in [0.15, 0.2) is 72.8 Å². The van der Waals surface area contributed by atoms with Gasteiger partial charge in [0.2, 0.25) is 0 Å². The van der Waals surface area contributed by atoms with E-state index in [0.717, 1.165) is 41.0 Å². The second kappa shape index (κ2) is 10.9. The quantitative estimate of drug-likeness (QED) is 0.231. The normalized spacial score (nSPS) is 10.9. The largest absolute Gasteiger partial charge is 0.481 e. The maximum Gasteiger partial charge on any atom is 0.303 e. The summed E-state index contributed by atoms with van der Waals surface area (Å²) in [7, 11) is 1.97. The second-order valence-corrected chi connectivity index (χ2v) is 8.69. The first kappa shape index (κ1) is 24.7. The van der Waals surface area contributed by atoms with E-state index in [-0.39, 0.29) is 18.2 Å². The van der Waals surface area contributed by atoms with E-state index < -0.39 is 5.97 Å². The smallest absolute Gasteiger partial charge is 0.303 e. The van der Waals surface area contributed by atoms with Crippen molar-refractivity contribution < 1.29 is 14.7 Å². The highest BCUT2D eigenvalue weighted by molar-refractivity contribution is 6.07. The number of nitrogens with two attached hydrogens (primary N) is 1. The molecular weight excluding hydrogens is 454 g/mol. The number of benzene rings is 3. The summed E-state index contributed by atoms with van der Waals surface area (Å²) in [6, 6.07) is 22.4. The molecule has 1 heterocycles. The number of nitrogen functional groups attached to an aromatic ring is 1. The molecule has 0 aliphatic carbocycles. The molecule has 36 heavy (non-hydrogen) atoms. The molecule has 1 aromatic heterocycles. The number of nitrogens with one attached hydrogen (secondary N) is 1. The summed E-state index contributed by atoms with van der Waals surface area (Å²) in [6.45, 7) is 0.309. The number of para-hydroxylation sites is 1. The summed E-state index contributed by atoms with van der Waals surface area (Å²) in [6.07, 6.45) is 1.86. The number of imidazole rings is 1. The van der Waals surface area contributed by atoms with Crippen LogP contribution in [-0.2, 0) is 24.7 Å². The number of hydrogen-bond acceptors (Lipinski definition) is 4. The summed E-state index contributed by atoms with van der Waals surface area (Å²) in [5.41, 5.74) is 10.3. The van der Waals surface area contributed by atoms with Crippen molar-refractivity contribution in [3.05, 3.63) is 95.3 Å². The number of amidine groups is 1. The lowest BCUT2D eigenvalue weighted by Gasteiger charge is -2.22. The number of fused-ring (bicyclic) bond motifs is 1. The molecule has 184 valence electrons. The van der Waals surface area contributed by atoms with E-state index in [9.17, 15) is 9.59 Å². The molecule has 0 saturated carbocycles. The average Bonchev–Trinajstić information content (AvgIpc) is 3.20. The zero-order chi connectivity index (χ0) is 25.7. The Balaban J connectivity index is 1.54. The Morgan fingerprint density at radius 3 is 2.36 bits per heavy atom. The van der Waals surface area contributed by atoms with E-state index in [1.54, 1.807) is 17.0 Å². The predicted molar refractivity (Wildman–Crippen MR) is 141 cm³/mol. The molecule has 0 bridgehead atoms. The van der Waals surface area contributed by atoms with Gasteiger partial charge in [-0.2, -0.15) is 0 Å². The number of hydrogen-bond donors (Lipinski definition) is 3. The molecule has 0 radical (unpaired) electrons. The van der Waals surface area contributed by atoms with Gasteiger partial charge in [0.05, 0.1) is 11.0 Å². The Labute approximate surface area is 209 Å². The molecule has 1 amide bonds. The highest BCUT2D eigenvalue weighted by atomic mass is 16.4. The standard InChI is InChI=1S/C28H29N5O3/c1-32-24-15-14-21(28(36)33(17-5-8-26(34)35)22-6-3-2-4-7-22)18-23(24)31-25(32)16-11-19-9-12-20(13-10-19)27(29)30/h2-4,6-7,9-10,12-15,18H,5,8,11,16-17H2,1H3,(H3,29,30)(H,34,35). The van der Waals surface area contributed by atoms with E-state index in [2.05, 4.69) is 0 Å². The molecule has 0 unspecified atom stereocenters. The van der Waals surface area contributed by atoms with Gasteiger partial charge >= 0.3 is 5.97 Å². The van der Waals surface area contributed by atoms with E-state index in [4.69, 9.17) is 21.2 Å². The van der Waals surface area contributed by atoms with Crippen LogP contribution in [0.25, 0.3) is 11.0 Å². The van der Waals surface area contributed by atoms with Crippen LogP contribution in [0.4, 0.5) is 5.69 Å². The molecule has 0 atom stereocenters. The summed E-state index contributed by atoms with van der Waals surface area (Å²) in [5, 5.41) is 16.5. The molecule has 4 aromatic rings. The molecule has 4 N–H and O–H groups in total. The molecule has 4 rings (SSSR count). The van der Waals surface area contributed by atoms with Gasteiger partial charge < -0.3 is 20.3 Å². The number of carboxylic acids is 1. The minimum absolute atomic E-state index is 0.00325. The molecule has 8 nitrogen and oxygen atoms in total. The predicted octanol–water partition coefficient (Wildman–Crippen LogP) is 4.15. The van der Waals surface area contributed by atoms with Crippen molar-refractivity contribution in [3.8, 4) is 0 Å². The Kier molecular flexibility index (Phi) is 7.44. The van der Waals surface area contributed by atoms with Gasteiger partial charge in [-0.05, 0) is 48.7 Å². The molecule has 0 spiro atoms. The fourth-order valence-corrected chi connectivity index (χ4v) is 4.21. The Morgan fingerprint density at radius 1 is 1.00 bits per heavy atom. The highest BCUT2D eigenvalue weighted by Gasteiger charge is 2.19. The first-order valence-corrected chi connectivity index (χ1v) is 11.8. The summed E-state index contributed by atoms with van der Waals surface area (Å²) >= 11 is 0. The maximum atomic E-state index is 13.5. The van der Waals surface area contributed by atoms with Crippen molar-refractivity contribution in [3.63, 3.8) is 0 Å². The monoisotopic (exact) mass is 483 g/mol. The number of aryl methyl sites for hydroxylation is 3. The van der Waals surface area contributed by atoms with Gasteiger partial charge in [0.1, 0.15) is 11.7 Å². The lowest BCUT2D eigenvalue weighted by Crippen LogP contribution is -2.32. The fourth-order valence-electron chi connectivity index (χ4n) is 4.21. The number of nitrogens with zero attached hydrogens (tertiary/aromatic N) is 3. The SMILES string of the molecule is Cn1c(CCc2ccc(C(=N)N)cc2)nc2cc(C(=O)N(CCCC(=O)O)c3ccccc3)ccc21. The van der Waals surface area contributed by atoms with Crippen LogP contribution in [-0.4, -0.2) is 38.9 Å². The van der Waals surface area contributed by atoms with E-state index >= 15 is 0 Å². The molecule has 0 aliphatic heterocycles. The van der Waals surface area contributed by atoms with Crippen molar-refractivity contribution in [1.29, 1.82) is 5.41 Å². The number of rotatable bonds is 10. The van der Waals surface area contributed by atoms with Gasteiger partial charge in [0.25, 0.3) is 5.91 Å². The molecule has 0 aliphatic rings. The third-order valence-corrected chi connectivity index (χ3v) is 6.21. The van der Waals surface area contributed by atoms with Gasteiger partial charge in [0, 0.05) is 43.2 Å². The third kappa shape index (κ3) is 5.60. The summed E-state index contributed by atoms with van der Waals surface area (Å²) in [5.74, 6) is -0.111. The van der Waals surface area contributed by atoms with E-state index in [1.807, 2.05) is 72.3 Å². The molecule has 0 fully saturated rings. The highest BCUT2D eigenvalue weighted by Crippen LogP contribution is 2.22. The Bertz CT molecular complexity index is 1390. The van der Waals surface area contributed by atoms with Gasteiger partial charge in [-0.25, -0.2) is 4.98 Å². The topological polar surface area (TPSA) is 125 Å². The number of aliphatic carboxylic acids is 1. The summed E-state index contributed by atoms with van der Waals surface area (Å²) in [4.78, 5) is 30.9. The van der Waals surface area contributed by atoms with Crippen LogP contribution in [0.3, 0.4) is 0 Å². The Hall–Kier alpha value is -4.46. The summed E-state index contributed by atoms with van der Waals surface area (Å²) < 4.78 is 2.04. The average molecular weight is 484 g/mol. The molecule has 0 saturated heterocycles. The van der Waals surface area contributed by atoms with Crippen molar-refractivity contribution >= 4 is 34.4 Å². The van der Waals surface area contributed by atoms with E-state index in [0.29, 0.717) is 24.1 Å². The van der Waals surface area contributed by atoms with E-state index in [1.165, 1.54) is 0 Å². The van der Waals surface area contributed by atoms with Crippen LogP contribution in [0.1, 0.15) is 40.2 Å². The second-order valence-electron chi connectivity index (χ2n) is 8.69. The third-order valence-electron chi connectivity index (χ3n) is 6.21. The lowest BCUT2D eigenvalue weighted by atomic mass is 10.1. The zero-order valence-electron chi connectivity index (χ0n) is 20.1. The van der Waals surface area contributed by atoms with Crippen molar-refractivity contribution in [1.82, 2.24) is 9.55 Å². The van der Waals surface area contributed by atoms with Gasteiger partial charge in [-0.3, -0.25) is 15.0 Å². The van der Waals surface area contributed by atoms with Crippen molar-refractivity contribution in [2.45, 2.75) is 25.7 Å². The van der Waals surface area contributed by atoms with Crippen LogP contribution >= 0.6 is 0 Å². The number of carbonyl (C=O) groups excluding carboxylic acids is 1. The number of carboxylic acid groups (broad SMARTS) is 1. The van der Waals surface area contributed by atoms with Gasteiger partial charge in [-0.15, -0.1) is 0 Å². The number of carbonyl (C=O) groups is 2.